The zero-order valence-electron chi connectivity index (χ0n) is 15.3. The number of benzene rings is 2. The van der Waals surface area contributed by atoms with Gasteiger partial charge in [0.2, 0.25) is 0 Å². The van der Waals surface area contributed by atoms with Crippen LogP contribution in [-0.4, -0.2) is 25.1 Å². The summed E-state index contributed by atoms with van der Waals surface area (Å²) < 4.78 is 1.86. The number of fused-ring (bicyclic) bond motifs is 1. The van der Waals surface area contributed by atoms with Gasteiger partial charge in [-0.15, -0.1) is 0 Å². The molecule has 0 radical (unpaired) electrons. The van der Waals surface area contributed by atoms with Crippen LogP contribution in [0, 0.1) is 20.2 Å². The Bertz CT molecular complexity index is 1250. The number of non-ortho nitro benzene ring substituents is 2. The molecule has 4 aromatic rings. The fourth-order valence-corrected chi connectivity index (χ4v) is 2.97. The third kappa shape index (κ3) is 3.69. The summed E-state index contributed by atoms with van der Waals surface area (Å²) in [6.45, 7) is 0. The summed E-state index contributed by atoms with van der Waals surface area (Å²) in [4.78, 5) is 37.6. The molecule has 4 rings (SSSR count). The quantitative estimate of drug-likeness (QED) is 0.394. The number of carbonyl (C=O) groups excluding carboxylic acids is 1. The Kier molecular flexibility index (Phi) is 4.64. The largest absolute Gasteiger partial charge is 0.322 e. The molecule has 2 aromatic heterocycles. The van der Waals surface area contributed by atoms with Crippen molar-refractivity contribution in [2.45, 2.75) is 0 Å². The van der Waals surface area contributed by atoms with Gasteiger partial charge in [0, 0.05) is 35.8 Å². The monoisotopic (exact) mass is 403 g/mol. The third-order valence-corrected chi connectivity index (χ3v) is 4.37. The van der Waals surface area contributed by atoms with Crippen LogP contribution in [-0.2, 0) is 0 Å². The highest BCUT2D eigenvalue weighted by atomic mass is 16.6. The number of carbonyl (C=O) groups is 1. The highest BCUT2D eigenvalue weighted by Gasteiger charge is 2.20. The Labute approximate surface area is 168 Å². The van der Waals surface area contributed by atoms with Crippen LogP contribution in [0.5, 0.6) is 0 Å². The van der Waals surface area contributed by atoms with Crippen molar-refractivity contribution in [2.24, 2.45) is 0 Å². The lowest BCUT2D eigenvalue weighted by Gasteiger charge is -2.07. The number of rotatable bonds is 5. The van der Waals surface area contributed by atoms with E-state index in [-0.39, 0.29) is 5.56 Å². The normalized spacial score (nSPS) is 10.7. The maximum absolute atomic E-state index is 12.6. The Morgan fingerprint density at radius 2 is 1.67 bits per heavy atom. The van der Waals surface area contributed by atoms with Crippen LogP contribution < -0.4 is 5.32 Å². The first-order chi connectivity index (χ1) is 14.4. The molecule has 0 unspecified atom stereocenters. The third-order valence-electron chi connectivity index (χ3n) is 4.37. The lowest BCUT2D eigenvalue weighted by atomic mass is 10.1. The molecule has 0 saturated carbocycles. The molecule has 30 heavy (non-hydrogen) atoms. The van der Waals surface area contributed by atoms with Crippen LogP contribution >= 0.6 is 0 Å². The lowest BCUT2D eigenvalue weighted by Crippen LogP contribution is -2.12. The highest BCUT2D eigenvalue weighted by molar-refractivity contribution is 6.05. The molecule has 2 aromatic carbocycles. The zero-order valence-corrected chi connectivity index (χ0v) is 15.3. The number of anilines is 1. The molecule has 2 heterocycles. The molecule has 0 fully saturated rings. The predicted octanol–water partition coefficient (Wildman–Crippen LogP) is 4.07. The van der Waals surface area contributed by atoms with Crippen LogP contribution in [0.25, 0.3) is 16.9 Å². The Morgan fingerprint density at radius 1 is 0.933 bits per heavy atom. The number of hydrogen-bond acceptors (Lipinski definition) is 6. The molecule has 0 saturated heterocycles. The van der Waals surface area contributed by atoms with Gasteiger partial charge in [0.05, 0.1) is 27.2 Å². The van der Waals surface area contributed by atoms with Crippen molar-refractivity contribution in [3.63, 3.8) is 0 Å². The topological polar surface area (TPSA) is 133 Å². The second-order valence-electron chi connectivity index (χ2n) is 6.38. The van der Waals surface area contributed by atoms with Crippen molar-refractivity contribution in [2.75, 3.05) is 5.32 Å². The van der Waals surface area contributed by atoms with E-state index in [9.17, 15) is 25.0 Å². The van der Waals surface area contributed by atoms with Gasteiger partial charge in [-0.05, 0) is 24.3 Å². The summed E-state index contributed by atoms with van der Waals surface area (Å²) in [6, 6.07) is 15.3. The minimum Gasteiger partial charge on any atom is -0.322 e. The average Bonchev–Trinajstić information content (AvgIpc) is 3.18. The smallest absolute Gasteiger partial charge is 0.277 e. The number of amides is 1. The fourth-order valence-electron chi connectivity index (χ4n) is 2.97. The second kappa shape index (κ2) is 7.43. The first kappa shape index (κ1) is 18.7. The lowest BCUT2D eigenvalue weighted by molar-refractivity contribution is -0.394. The van der Waals surface area contributed by atoms with Gasteiger partial charge in [0.1, 0.15) is 5.65 Å². The molecule has 1 N–H and O–H groups in total. The highest BCUT2D eigenvalue weighted by Crippen LogP contribution is 2.25. The van der Waals surface area contributed by atoms with Crippen LogP contribution in [0.15, 0.2) is 73.1 Å². The average molecular weight is 403 g/mol. The summed E-state index contributed by atoms with van der Waals surface area (Å²) in [5.41, 5.74) is 1.38. The van der Waals surface area contributed by atoms with E-state index in [1.54, 1.807) is 18.2 Å². The number of nitro benzene ring substituents is 2. The molecular weight excluding hydrogens is 390 g/mol. The maximum atomic E-state index is 12.6. The number of imidazole rings is 1. The SMILES string of the molecule is O=C(Nc1cccc(-c2cn3ccccc3n2)c1)c1cc([N+](=O)[O-])cc([N+](=O)[O-])c1. The van der Waals surface area contributed by atoms with Gasteiger partial charge in [-0.25, -0.2) is 4.98 Å². The van der Waals surface area contributed by atoms with E-state index in [4.69, 9.17) is 0 Å². The molecule has 0 aliphatic heterocycles. The van der Waals surface area contributed by atoms with Gasteiger partial charge in [-0.1, -0.05) is 18.2 Å². The molecule has 10 nitrogen and oxygen atoms in total. The second-order valence-corrected chi connectivity index (χ2v) is 6.38. The van der Waals surface area contributed by atoms with Gasteiger partial charge in [0.25, 0.3) is 17.3 Å². The van der Waals surface area contributed by atoms with Crippen molar-refractivity contribution in [3.05, 3.63) is 98.8 Å². The summed E-state index contributed by atoms with van der Waals surface area (Å²) in [5, 5.41) is 24.7. The maximum Gasteiger partial charge on any atom is 0.277 e. The van der Waals surface area contributed by atoms with Gasteiger partial charge in [-0.3, -0.25) is 25.0 Å². The molecule has 1 amide bonds. The summed E-state index contributed by atoms with van der Waals surface area (Å²) in [5.74, 6) is -0.700. The first-order valence-electron chi connectivity index (χ1n) is 8.70. The Morgan fingerprint density at radius 3 is 2.33 bits per heavy atom. The standard InChI is InChI=1S/C20H13N5O5/c26-20(14-9-16(24(27)28)11-17(10-14)25(29)30)21-15-5-3-4-13(8-15)18-12-23-7-2-1-6-19(23)22-18/h1-12H,(H,21,26). The van der Waals surface area contributed by atoms with Crippen molar-refractivity contribution >= 4 is 28.6 Å². The predicted molar refractivity (Wildman–Crippen MR) is 108 cm³/mol. The summed E-state index contributed by atoms with van der Waals surface area (Å²) in [6.07, 6.45) is 3.72. The first-order valence-corrected chi connectivity index (χ1v) is 8.70. The van der Waals surface area contributed by atoms with E-state index in [1.807, 2.05) is 41.1 Å². The zero-order chi connectivity index (χ0) is 21.3. The molecule has 0 aliphatic carbocycles. The minimum absolute atomic E-state index is 0.186. The number of aromatic nitrogens is 2. The van der Waals surface area contributed by atoms with Crippen LogP contribution in [0.2, 0.25) is 0 Å². The van der Waals surface area contributed by atoms with Crippen LogP contribution in [0.1, 0.15) is 10.4 Å². The number of nitro groups is 2. The van der Waals surface area contributed by atoms with Crippen molar-refractivity contribution < 1.29 is 14.6 Å². The molecule has 10 heteroatoms. The van der Waals surface area contributed by atoms with Crippen molar-refractivity contribution in [1.82, 2.24) is 9.38 Å². The van der Waals surface area contributed by atoms with Crippen LogP contribution in [0.4, 0.5) is 17.1 Å². The van der Waals surface area contributed by atoms with Crippen molar-refractivity contribution in [3.8, 4) is 11.3 Å². The molecule has 0 atom stereocenters. The Balaban J connectivity index is 1.63. The van der Waals surface area contributed by atoms with E-state index in [0.717, 1.165) is 29.4 Å². The minimum atomic E-state index is -0.784. The van der Waals surface area contributed by atoms with Crippen LogP contribution in [0.3, 0.4) is 0 Å². The van der Waals surface area contributed by atoms with E-state index < -0.39 is 27.1 Å². The Hall–Kier alpha value is -4.60. The number of hydrogen-bond donors (Lipinski definition) is 1. The summed E-state index contributed by atoms with van der Waals surface area (Å²) in [7, 11) is 0. The number of nitrogens with one attached hydrogen (secondary N) is 1. The number of pyridine rings is 1. The van der Waals surface area contributed by atoms with E-state index in [0.29, 0.717) is 11.4 Å². The fraction of sp³-hybridized carbons (Fsp3) is 0. The van der Waals surface area contributed by atoms with Gasteiger partial charge in [-0.2, -0.15) is 0 Å². The van der Waals surface area contributed by atoms with E-state index >= 15 is 0 Å². The molecular formula is C20H13N5O5. The summed E-state index contributed by atoms with van der Waals surface area (Å²) >= 11 is 0. The van der Waals surface area contributed by atoms with Gasteiger partial charge >= 0.3 is 0 Å². The molecule has 148 valence electrons. The molecule has 0 spiro atoms. The van der Waals surface area contributed by atoms with E-state index in [1.165, 1.54) is 0 Å². The van der Waals surface area contributed by atoms with Crippen molar-refractivity contribution in [1.29, 1.82) is 0 Å². The van der Waals surface area contributed by atoms with E-state index in [2.05, 4.69) is 10.3 Å². The number of nitrogens with zero attached hydrogens (tertiary/aromatic N) is 4. The molecule has 0 aliphatic rings. The molecule has 0 bridgehead atoms. The van der Waals surface area contributed by atoms with Gasteiger partial charge < -0.3 is 9.72 Å². The van der Waals surface area contributed by atoms with Gasteiger partial charge in [0.15, 0.2) is 0 Å².